The van der Waals surface area contributed by atoms with Gasteiger partial charge in [-0.15, -0.1) is 0 Å². The van der Waals surface area contributed by atoms with E-state index in [0.717, 1.165) is 11.1 Å². The fraction of sp³-hybridized carbons (Fsp3) is 0.308. The first-order valence-corrected chi connectivity index (χ1v) is 5.58. The minimum absolute atomic E-state index is 0.247. The van der Waals surface area contributed by atoms with Crippen molar-refractivity contribution in [1.29, 1.82) is 0 Å². The third kappa shape index (κ3) is 2.47. The van der Waals surface area contributed by atoms with Crippen molar-refractivity contribution in [3.05, 3.63) is 36.0 Å². The molecule has 2 N–H and O–H groups in total. The summed E-state index contributed by atoms with van der Waals surface area (Å²) in [5, 5.41) is 4.31. The van der Waals surface area contributed by atoms with Gasteiger partial charge in [-0.25, -0.2) is 0 Å². The highest BCUT2D eigenvalue weighted by Gasteiger charge is 2.12. The van der Waals surface area contributed by atoms with Crippen LogP contribution < -0.4 is 5.32 Å². The second kappa shape index (κ2) is 5.01. The lowest BCUT2D eigenvalue weighted by Crippen LogP contribution is -2.34. The van der Waals surface area contributed by atoms with E-state index in [4.69, 9.17) is 0 Å². The molecule has 0 saturated heterocycles. The Labute approximate surface area is 100.0 Å². The summed E-state index contributed by atoms with van der Waals surface area (Å²) in [5.74, 6) is -0.247. The van der Waals surface area contributed by atoms with Gasteiger partial charge in [0.1, 0.15) is 6.04 Å². The molecule has 1 atom stereocenters. The summed E-state index contributed by atoms with van der Waals surface area (Å²) >= 11 is 0. The van der Waals surface area contributed by atoms with Gasteiger partial charge >= 0.3 is 5.97 Å². The Balaban J connectivity index is 2.09. The highest BCUT2D eigenvalue weighted by molar-refractivity contribution is 5.82. The van der Waals surface area contributed by atoms with Crippen LogP contribution in [0.2, 0.25) is 0 Å². The van der Waals surface area contributed by atoms with Gasteiger partial charge in [-0.2, -0.15) is 0 Å². The monoisotopic (exact) mass is 232 g/mol. The lowest BCUT2D eigenvalue weighted by molar-refractivity contribution is -0.142. The molecular weight excluding hydrogens is 216 g/mol. The molecule has 0 bridgehead atoms. The standard InChI is InChI=1S/C13H16N2O2/c1-9(13(16)17-2)15-8-11-5-3-4-10-6-7-14-12(10)11/h3-7,9,14-15H,8H2,1-2H3/t9-/m0/s1. The fourth-order valence-corrected chi connectivity index (χ4v) is 1.82. The van der Waals surface area contributed by atoms with E-state index in [0.29, 0.717) is 6.54 Å². The van der Waals surface area contributed by atoms with E-state index in [2.05, 4.69) is 21.1 Å². The van der Waals surface area contributed by atoms with Crippen molar-refractivity contribution in [2.75, 3.05) is 7.11 Å². The minimum Gasteiger partial charge on any atom is -0.468 e. The second-order valence-corrected chi connectivity index (χ2v) is 3.98. The Morgan fingerprint density at radius 3 is 3.06 bits per heavy atom. The summed E-state index contributed by atoms with van der Waals surface area (Å²) in [6.07, 6.45) is 1.91. The molecule has 0 saturated carbocycles. The molecule has 17 heavy (non-hydrogen) atoms. The van der Waals surface area contributed by atoms with Gasteiger partial charge in [-0.3, -0.25) is 4.79 Å². The molecule has 0 aliphatic rings. The molecule has 0 amide bonds. The van der Waals surface area contributed by atoms with Crippen LogP contribution in [0.3, 0.4) is 0 Å². The van der Waals surface area contributed by atoms with Crippen LogP contribution in [0.25, 0.3) is 10.9 Å². The van der Waals surface area contributed by atoms with Crippen LogP contribution in [0.4, 0.5) is 0 Å². The number of fused-ring (bicyclic) bond motifs is 1. The molecule has 1 aromatic heterocycles. The Hall–Kier alpha value is -1.81. The SMILES string of the molecule is COC(=O)[C@H](C)NCc1cccc2cc[nH]c12. The maximum atomic E-state index is 11.3. The number of carbonyl (C=O) groups excluding carboxylic acids is 1. The van der Waals surface area contributed by atoms with Crippen molar-refractivity contribution in [1.82, 2.24) is 10.3 Å². The van der Waals surface area contributed by atoms with Gasteiger partial charge < -0.3 is 15.0 Å². The molecule has 0 aliphatic carbocycles. The van der Waals surface area contributed by atoms with Gasteiger partial charge in [0, 0.05) is 18.3 Å². The number of para-hydroxylation sites is 1. The average molecular weight is 232 g/mol. The molecular formula is C13H16N2O2. The van der Waals surface area contributed by atoms with Crippen LogP contribution in [-0.2, 0) is 16.1 Å². The maximum Gasteiger partial charge on any atom is 0.322 e. The van der Waals surface area contributed by atoms with E-state index in [1.54, 1.807) is 6.92 Å². The Morgan fingerprint density at radius 1 is 1.47 bits per heavy atom. The Morgan fingerprint density at radius 2 is 2.29 bits per heavy atom. The smallest absolute Gasteiger partial charge is 0.322 e. The molecule has 0 spiro atoms. The van der Waals surface area contributed by atoms with E-state index in [1.807, 2.05) is 24.4 Å². The van der Waals surface area contributed by atoms with Gasteiger partial charge in [0.15, 0.2) is 0 Å². The summed E-state index contributed by atoms with van der Waals surface area (Å²) in [7, 11) is 1.40. The van der Waals surface area contributed by atoms with Crippen molar-refractivity contribution in [2.45, 2.75) is 19.5 Å². The molecule has 0 fully saturated rings. The Kier molecular flexibility index (Phi) is 3.44. The Bertz CT molecular complexity index is 519. The first kappa shape index (κ1) is 11.7. The number of nitrogens with one attached hydrogen (secondary N) is 2. The molecule has 1 heterocycles. The van der Waals surface area contributed by atoms with E-state index < -0.39 is 0 Å². The van der Waals surface area contributed by atoms with Crippen LogP contribution in [0, 0.1) is 0 Å². The quantitative estimate of drug-likeness (QED) is 0.791. The third-order valence-electron chi connectivity index (χ3n) is 2.83. The van der Waals surface area contributed by atoms with Gasteiger partial charge in [-0.05, 0) is 23.9 Å². The van der Waals surface area contributed by atoms with Crippen molar-refractivity contribution in [2.24, 2.45) is 0 Å². The summed E-state index contributed by atoms with van der Waals surface area (Å²) in [5.41, 5.74) is 2.25. The molecule has 0 radical (unpaired) electrons. The number of hydrogen-bond acceptors (Lipinski definition) is 3. The van der Waals surface area contributed by atoms with Crippen LogP contribution in [-0.4, -0.2) is 24.1 Å². The molecule has 2 rings (SSSR count). The zero-order valence-electron chi connectivity index (χ0n) is 9.99. The predicted molar refractivity (Wildman–Crippen MR) is 66.6 cm³/mol. The summed E-state index contributed by atoms with van der Waals surface area (Å²) < 4.78 is 4.66. The molecule has 90 valence electrons. The van der Waals surface area contributed by atoms with Crippen LogP contribution >= 0.6 is 0 Å². The number of esters is 1. The number of H-pyrrole nitrogens is 1. The predicted octanol–water partition coefficient (Wildman–Crippen LogP) is 1.82. The normalized spacial score (nSPS) is 12.6. The van der Waals surface area contributed by atoms with Gasteiger partial charge in [0.2, 0.25) is 0 Å². The number of aromatic amines is 1. The number of ether oxygens (including phenoxy) is 1. The number of carbonyl (C=O) groups is 1. The molecule has 4 heteroatoms. The van der Waals surface area contributed by atoms with E-state index in [-0.39, 0.29) is 12.0 Å². The highest BCUT2D eigenvalue weighted by Crippen LogP contribution is 2.16. The van der Waals surface area contributed by atoms with Crippen molar-refractivity contribution in [3.63, 3.8) is 0 Å². The number of benzene rings is 1. The van der Waals surface area contributed by atoms with Gasteiger partial charge in [0.25, 0.3) is 0 Å². The molecule has 4 nitrogen and oxygen atoms in total. The average Bonchev–Trinajstić information content (AvgIpc) is 2.83. The largest absolute Gasteiger partial charge is 0.468 e. The van der Waals surface area contributed by atoms with Crippen molar-refractivity contribution < 1.29 is 9.53 Å². The van der Waals surface area contributed by atoms with E-state index in [9.17, 15) is 4.79 Å². The summed E-state index contributed by atoms with van der Waals surface area (Å²) in [4.78, 5) is 14.5. The topological polar surface area (TPSA) is 54.1 Å². The van der Waals surface area contributed by atoms with Gasteiger partial charge in [0.05, 0.1) is 7.11 Å². The zero-order valence-corrected chi connectivity index (χ0v) is 9.99. The van der Waals surface area contributed by atoms with Crippen LogP contribution in [0.15, 0.2) is 30.5 Å². The van der Waals surface area contributed by atoms with E-state index >= 15 is 0 Å². The fourth-order valence-electron chi connectivity index (χ4n) is 1.82. The summed E-state index contributed by atoms with van der Waals surface area (Å²) in [6, 6.07) is 7.83. The molecule has 2 aromatic rings. The molecule has 1 aromatic carbocycles. The third-order valence-corrected chi connectivity index (χ3v) is 2.83. The number of aromatic nitrogens is 1. The molecule has 0 unspecified atom stereocenters. The van der Waals surface area contributed by atoms with Crippen LogP contribution in [0.5, 0.6) is 0 Å². The van der Waals surface area contributed by atoms with Crippen molar-refractivity contribution in [3.8, 4) is 0 Å². The molecule has 0 aliphatic heterocycles. The van der Waals surface area contributed by atoms with Crippen LogP contribution in [0.1, 0.15) is 12.5 Å². The lowest BCUT2D eigenvalue weighted by Gasteiger charge is -2.11. The van der Waals surface area contributed by atoms with Crippen molar-refractivity contribution >= 4 is 16.9 Å². The highest BCUT2D eigenvalue weighted by atomic mass is 16.5. The van der Waals surface area contributed by atoms with Gasteiger partial charge in [-0.1, -0.05) is 18.2 Å². The number of rotatable bonds is 4. The van der Waals surface area contributed by atoms with E-state index in [1.165, 1.54) is 12.5 Å². The maximum absolute atomic E-state index is 11.3. The zero-order chi connectivity index (χ0) is 12.3. The lowest BCUT2D eigenvalue weighted by atomic mass is 10.1. The first-order valence-electron chi connectivity index (χ1n) is 5.58. The minimum atomic E-state index is -0.301. The second-order valence-electron chi connectivity index (χ2n) is 3.98. The number of hydrogen-bond donors (Lipinski definition) is 2. The summed E-state index contributed by atoms with van der Waals surface area (Å²) in [6.45, 7) is 2.43. The first-order chi connectivity index (χ1) is 8.22. The number of methoxy groups -OCH3 is 1.